The number of aromatic nitrogens is 1. The zero-order chi connectivity index (χ0) is 25.2. The van der Waals surface area contributed by atoms with Crippen molar-refractivity contribution in [3.05, 3.63) is 112 Å². The minimum absolute atomic E-state index is 0.295. The first kappa shape index (κ1) is 23.8. The maximum absolute atomic E-state index is 13.0. The van der Waals surface area contributed by atoms with Gasteiger partial charge in [-0.05, 0) is 109 Å². The third kappa shape index (κ3) is 4.65. The standard InChI is InChI=1S/C28H21N3O3S2/c1-18-16-20(17-26-27(32)31(28(33)36-26)22-6-4-3-5-7-22)19(2)30(18)23-10-14-25(15-11-23)35-24-12-8-21(29-34)9-13-24/h3-17H,1-2H3. The molecule has 3 aromatic carbocycles. The van der Waals surface area contributed by atoms with Crippen LogP contribution in [-0.2, 0) is 4.79 Å². The van der Waals surface area contributed by atoms with E-state index in [1.165, 1.54) is 4.90 Å². The largest absolute Gasteiger partial charge is 0.318 e. The van der Waals surface area contributed by atoms with Gasteiger partial charge >= 0.3 is 0 Å². The molecule has 0 unspecified atom stereocenters. The Labute approximate surface area is 217 Å². The first-order valence-corrected chi connectivity index (χ1v) is 12.8. The van der Waals surface area contributed by atoms with Crippen molar-refractivity contribution in [1.82, 2.24) is 4.57 Å². The van der Waals surface area contributed by atoms with Crippen LogP contribution in [0.3, 0.4) is 0 Å². The highest BCUT2D eigenvalue weighted by Crippen LogP contribution is 2.37. The molecule has 0 saturated carbocycles. The third-order valence-corrected chi connectivity index (χ3v) is 7.72. The lowest BCUT2D eigenvalue weighted by Crippen LogP contribution is -2.27. The van der Waals surface area contributed by atoms with Gasteiger partial charge in [0.05, 0.1) is 10.6 Å². The normalized spacial score (nSPS) is 14.6. The van der Waals surface area contributed by atoms with E-state index in [0.29, 0.717) is 16.3 Å². The zero-order valence-electron chi connectivity index (χ0n) is 19.5. The summed E-state index contributed by atoms with van der Waals surface area (Å²) in [6.45, 7) is 4.02. The summed E-state index contributed by atoms with van der Waals surface area (Å²) in [5.74, 6) is -0.306. The fraction of sp³-hybridized carbons (Fsp3) is 0.0714. The molecule has 0 radical (unpaired) electrons. The Kier molecular flexibility index (Phi) is 6.63. The summed E-state index contributed by atoms with van der Waals surface area (Å²) < 4.78 is 2.13. The van der Waals surface area contributed by atoms with Crippen molar-refractivity contribution in [2.45, 2.75) is 23.6 Å². The number of thioether (sulfide) groups is 1. The second-order valence-electron chi connectivity index (χ2n) is 8.20. The maximum atomic E-state index is 13.0. The van der Waals surface area contributed by atoms with Gasteiger partial charge in [-0.2, -0.15) is 0 Å². The van der Waals surface area contributed by atoms with E-state index in [2.05, 4.69) is 34.0 Å². The van der Waals surface area contributed by atoms with Crippen LogP contribution in [0, 0.1) is 18.8 Å². The Bertz CT molecular complexity index is 1490. The van der Waals surface area contributed by atoms with Gasteiger partial charge in [-0.1, -0.05) is 30.0 Å². The fourth-order valence-corrected chi connectivity index (χ4v) is 5.76. The Morgan fingerprint density at radius 1 is 0.833 bits per heavy atom. The topological polar surface area (TPSA) is 71.7 Å². The molecule has 4 aromatic rings. The molecule has 8 heteroatoms. The Morgan fingerprint density at radius 3 is 2.11 bits per heavy atom. The molecule has 1 aliphatic rings. The number of aryl methyl sites for hydroxylation is 1. The van der Waals surface area contributed by atoms with Gasteiger partial charge in [0.1, 0.15) is 5.69 Å². The van der Waals surface area contributed by atoms with E-state index in [4.69, 9.17) is 0 Å². The lowest BCUT2D eigenvalue weighted by atomic mass is 10.2. The summed E-state index contributed by atoms with van der Waals surface area (Å²) in [4.78, 5) is 39.9. The van der Waals surface area contributed by atoms with Gasteiger partial charge in [-0.15, -0.1) is 4.91 Å². The molecule has 0 N–H and O–H groups in total. The minimum atomic E-state index is -0.306. The number of benzene rings is 3. The van der Waals surface area contributed by atoms with Gasteiger partial charge in [0.2, 0.25) is 0 Å². The molecule has 2 amide bonds. The summed E-state index contributed by atoms with van der Waals surface area (Å²) >= 11 is 2.56. The zero-order valence-corrected chi connectivity index (χ0v) is 21.2. The van der Waals surface area contributed by atoms with Gasteiger partial charge in [0.25, 0.3) is 11.1 Å². The molecule has 0 bridgehead atoms. The van der Waals surface area contributed by atoms with Crippen LogP contribution >= 0.6 is 23.5 Å². The average molecular weight is 512 g/mol. The van der Waals surface area contributed by atoms with Crippen LogP contribution in [0.4, 0.5) is 16.2 Å². The van der Waals surface area contributed by atoms with Gasteiger partial charge in [0.15, 0.2) is 0 Å². The highest BCUT2D eigenvalue weighted by atomic mass is 32.2. The smallest absolute Gasteiger partial charge is 0.298 e. The van der Waals surface area contributed by atoms with Gasteiger partial charge < -0.3 is 4.57 Å². The van der Waals surface area contributed by atoms with E-state index < -0.39 is 0 Å². The van der Waals surface area contributed by atoms with Crippen molar-refractivity contribution >= 4 is 52.1 Å². The van der Waals surface area contributed by atoms with Crippen LogP contribution in [0.5, 0.6) is 0 Å². The van der Waals surface area contributed by atoms with E-state index in [0.717, 1.165) is 44.2 Å². The number of imide groups is 1. The molecule has 5 rings (SSSR count). The predicted octanol–water partition coefficient (Wildman–Crippen LogP) is 7.88. The quantitative estimate of drug-likeness (QED) is 0.194. The highest BCUT2D eigenvalue weighted by molar-refractivity contribution is 8.19. The van der Waals surface area contributed by atoms with Crippen molar-refractivity contribution in [3.8, 4) is 5.69 Å². The van der Waals surface area contributed by atoms with E-state index in [1.54, 1.807) is 54.2 Å². The van der Waals surface area contributed by atoms with Crippen LogP contribution in [0.15, 0.2) is 105 Å². The molecule has 1 fully saturated rings. The van der Waals surface area contributed by atoms with Crippen LogP contribution in [0.25, 0.3) is 11.8 Å². The summed E-state index contributed by atoms with van der Waals surface area (Å²) in [6.07, 6.45) is 1.80. The molecule has 0 atom stereocenters. The van der Waals surface area contributed by atoms with Crippen LogP contribution in [0.2, 0.25) is 0 Å². The first-order valence-electron chi connectivity index (χ1n) is 11.2. The molecular weight excluding hydrogens is 490 g/mol. The molecule has 1 aliphatic heterocycles. The second-order valence-corrected chi connectivity index (χ2v) is 10.3. The molecule has 178 valence electrons. The molecular formula is C28H21N3O3S2. The number of rotatable bonds is 6. The molecule has 6 nitrogen and oxygen atoms in total. The number of carbonyl (C=O) groups excluding carboxylic acids is 2. The van der Waals surface area contributed by atoms with Gasteiger partial charge in [-0.25, -0.2) is 4.90 Å². The van der Waals surface area contributed by atoms with E-state index in [1.807, 2.05) is 38.1 Å². The molecule has 2 heterocycles. The number of carbonyl (C=O) groups is 2. The number of anilines is 1. The van der Waals surface area contributed by atoms with Crippen molar-refractivity contribution in [2.75, 3.05) is 4.90 Å². The monoisotopic (exact) mass is 511 g/mol. The van der Waals surface area contributed by atoms with E-state index in [9.17, 15) is 14.5 Å². The van der Waals surface area contributed by atoms with E-state index >= 15 is 0 Å². The van der Waals surface area contributed by atoms with Gasteiger partial charge in [-0.3, -0.25) is 9.59 Å². The minimum Gasteiger partial charge on any atom is -0.318 e. The summed E-state index contributed by atoms with van der Waals surface area (Å²) in [5, 5.41) is 2.64. The first-order chi connectivity index (χ1) is 17.4. The van der Waals surface area contributed by atoms with Crippen LogP contribution in [-0.4, -0.2) is 15.7 Å². The molecule has 36 heavy (non-hydrogen) atoms. The molecule has 1 aromatic heterocycles. The SMILES string of the molecule is Cc1cc(C=C2SC(=O)N(c3ccccc3)C2=O)c(C)n1-c1ccc(Sc2ccc(N=O)cc2)cc1. The second kappa shape index (κ2) is 10.0. The average Bonchev–Trinajstić information content (AvgIpc) is 3.33. The Morgan fingerprint density at radius 2 is 1.47 bits per heavy atom. The number of nitroso groups, excluding NO2 is 1. The number of amides is 2. The lowest BCUT2D eigenvalue weighted by Gasteiger charge is -2.11. The van der Waals surface area contributed by atoms with Crippen molar-refractivity contribution in [2.24, 2.45) is 5.18 Å². The lowest BCUT2D eigenvalue weighted by molar-refractivity contribution is -0.113. The molecule has 0 spiro atoms. The number of hydrogen-bond donors (Lipinski definition) is 0. The van der Waals surface area contributed by atoms with Gasteiger partial charge in [0, 0.05) is 26.9 Å². The molecule has 1 saturated heterocycles. The van der Waals surface area contributed by atoms with Crippen LogP contribution in [0.1, 0.15) is 17.0 Å². The number of nitrogens with zero attached hydrogens (tertiary/aromatic N) is 3. The predicted molar refractivity (Wildman–Crippen MR) is 146 cm³/mol. The van der Waals surface area contributed by atoms with Crippen LogP contribution < -0.4 is 4.90 Å². The van der Waals surface area contributed by atoms with Crippen molar-refractivity contribution in [1.29, 1.82) is 0 Å². The fourth-order valence-electron chi connectivity index (χ4n) is 4.11. The summed E-state index contributed by atoms with van der Waals surface area (Å²) in [5.41, 5.74) is 4.90. The van der Waals surface area contributed by atoms with Crippen molar-refractivity contribution in [3.63, 3.8) is 0 Å². The number of hydrogen-bond acceptors (Lipinski definition) is 6. The van der Waals surface area contributed by atoms with E-state index in [-0.39, 0.29) is 11.1 Å². The summed E-state index contributed by atoms with van der Waals surface area (Å²) in [6, 6.07) is 26.4. The highest BCUT2D eigenvalue weighted by Gasteiger charge is 2.36. The molecule has 0 aliphatic carbocycles. The summed E-state index contributed by atoms with van der Waals surface area (Å²) in [7, 11) is 0. The third-order valence-electron chi connectivity index (χ3n) is 5.84. The Hall–Kier alpha value is -3.88. The maximum Gasteiger partial charge on any atom is 0.298 e. The Balaban J connectivity index is 1.38. The number of para-hydroxylation sites is 1. The van der Waals surface area contributed by atoms with Crippen molar-refractivity contribution < 1.29 is 9.59 Å².